The minimum absolute atomic E-state index is 0.340. The van der Waals surface area contributed by atoms with E-state index in [1.807, 2.05) is 29.8 Å². The highest BCUT2D eigenvalue weighted by Crippen LogP contribution is 2.36. The van der Waals surface area contributed by atoms with E-state index in [2.05, 4.69) is 37.7 Å². The van der Waals surface area contributed by atoms with Crippen molar-refractivity contribution in [1.29, 1.82) is 0 Å². The van der Waals surface area contributed by atoms with Crippen LogP contribution in [0.2, 0.25) is 0 Å². The largest absolute Gasteiger partial charge is 0.496 e. The van der Waals surface area contributed by atoms with Crippen LogP contribution in [0.4, 0.5) is 0 Å². The summed E-state index contributed by atoms with van der Waals surface area (Å²) in [6.45, 7) is 10.2. The van der Waals surface area contributed by atoms with Crippen molar-refractivity contribution in [2.24, 2.45) is 0 Å². The minimum Gasteiger partial charge on any atom is -0.399 e. The zero-order valence-electron chi connectivity index (χ0n) is 13.1. The Hall–Kier alpha value is -1.66. The van der Waals surface area contributed by atoms with Gasteiger partial charge in [-0.15, -0.1) is 0 Å². The number of imidazole rings is 1. The van der Waals surface area contributed by atoms with Gasteiger partial charge in [0.2, 0.25) is 0 Å². The van der Waals surface area contributed by atoms with Crippen molar-refractivity contribution in [1.82, 2.24) is 14.5 Å². The maximum atomic E-state index is 6.08. The molecule has 0 aromatic carbocycles. The van der Waals surface area contributed by atoms with Gasteiger partial charge >= 0.3 is 7.12 Å². The van der Waals surface area contributed by atoms with E-state index in [0.29, 0.717) is 0 Å². The van der Waals surface area contributed by atoms with E-state index in [4.69, 9.17) is 9.31 Å². The van der Waals surface area contributed by atoms with Crippen molar-refractivity contribution >= 4 is 12.6 Å². The van der Waals surface area contributed by atoms with E-state index in [1.54, 1.807) is 12.5 Å². The molecule has 0 radical (unpaired) electrons. The van der Waals surface area contributed by atoms with E-state index in [1.165, 1.54) is 0 Å². The molecule has 0 unspecified atom stereocenters. The van der Waals surface area contributed by atoms with Crippen LogP contribution in [0.5, 0.6) is 0 Å². The van der Waals surface area contributed by atoms with Gasteiger partial charge in [0.15, 0.2) is 0 Å². The molecule has 21 heavy (non-hydrogen) atoms. The third-order valence-corrected chi connectivity index (χ3v) is 4.39. The fraction of sp³-hybridized carbons (Fsp3) is 0.467. The molecule has 0 bridgehead atoms. The first-order valence-corrected chi connectivity index (χ1v) is 7.12. The summed E-state index contributed by atoms with van der Waals surface area (Å²) in [5, 5.41) is 0. The highest BCUT2D eigenvalue weighted by atomic mass is 16.7. The zero-order chi connectivity index (χ0) is 15.3. The molecular weight excluding hydrogens is 265 g/mol. The van der Waals surface area contributed by atoms with Crippen LogP contribution < -0.4 is 5.46 Å². The quantitative estimate of drug-likeness (QED) is 0.790. The second-order valence-corrected chi connectivity index (χ2v) is 6.40. The molecular formula is C15H20BN3O2. The first kappa shape index (κ1) is 14.3. The van der Waals surface area contributed by atoms with Gasteiger partial charge in [0.25, 0.3) is 0 Å². The Kier molecular flexibility index (Phi) is 3.18. The van der Waals surface area contributed by atoms with Crippen molar-refractivity contribution in [3.05, 3.63) is 36.5 Å². The number of hydrogen-bond acceptors (Lipinski definition) is 4. The Morgan fingerprint density at radius 1 is 1.10 bits per heavy atom. The molecule has 0 saturated carbocycles. The first-order valence-electron chi connectivity index (χ1n) is 7.12. The predicted molar refractivity (Wildman–Crippen MR) is 81.8 cm³/mol. The second kappa shape index (κ2) is 4.68. The lowest BCUT2D eigenvalue weighted by Crippen LogP contribution is -2.41. The van der Waals surface area contributed by atoms with Crippen molar-refractivity contribution in [3.8, 4) is 5.82 Å². The lowest BCUT2D eigenvalue weighted by molar-refractivity contribution is 0.00578. The van der Waals surface area contributed by atoms with Crippen LogP contribution in [-0.4, -0.2) is 32.9 Å². The molecule has 5 nitrogen and oxygen atoms in total. The maximum absolute atomic E-state index is 6.08. The van der Waals surface area contributed by atoms with Gasteiger partial charge in [0, 0.05) is 23.6 Å². The molecule has 0 atom stereocenters. The average Bonchev–Trinajstić information content (AvgIpc) is 2.96. The molecule has 0 spiro atoms. The number of hydrogen-bond donors (Lipinski definition) is 0. The molecule has 1 fully saturated rings. The van der Waals surface area contributed by atoms with Crippen LogP contribution in [-0.2, 0) is 9.31 Å². The Labute approximate surface area is 125 Å². The van der Waals surface area contributed by atoms with Crippen LogP contribution in [0.3, 0.4) is 0 Å². The normalized spacial score (nSPS) is 20.0. The summed E-state index contributed by atoms with van der Waals surface area (Å²) in [7, 11) is -0.376. The fourth-order valence-corrected chi connectivity index (χ4v) is 2.32. The molecule has 0 aliphatic carbocycles. The predicted octanol–water partition coefficient (Wildman–Crippen LogP) is 1.87. The van der Waals surface area contributed by atoms with Crippen LogP contribution >= 0.6 is 0 Å². The van der Waals surface area contributed by atoms with Gasteiger partial charge in [-0.1, -0.05) is 6.07 Å². The summed E-state index contributed by atoms with van der Waals surface area (Å²) in [6.07, 6.45) is 5.34. The van der Waals surface area contributed by atoms with Crippen molar-refractivity contribution in [3.63, 3.8) is 0 Å². The molecule has 0 amide bonds. The van der Waals surface area contributed by atoms with Gasteiger partial charge in [0.05, 0.1) is 11.2 Å². The Balaban J connectivity index is 1.91. The summed E-state index contributed by atoms with van der Waals surface area (Å²) >= 11 is 0. The SMILES string of the molecule is Cc1nc(-n2ccnc2)ccc1B1OC(C)(C)C(C)(C)O1. The van der Waals surface area contributed by atoms with E-state index < -0.39 is 0 Å². The van der Waals surface area contributed by atoms with Gasteiger partial charge in [-0.3, -0.25) is 4.57 Å². The highest BCUT2D eigenvalue weighted by Gasteiger charge is 2.52. The summed E-state index contributed by atoms with van der Waals surface area (Å²) in [5.74, 6) is 0.838. The third kappa shape index (κ3) is 2.38. The van der Waals surface area contributed by atoms with Crippen molar-refractivity contribution in [2.45, 2.75) is 45.8 Å². The lowest BCUT2D eigenvalue weighted by Gasteiger charge is -2.32. The van der Waals surface area contributed by atoms with Gasteiger partial charge in [-0.2, -0.15) is 0 Å². The highest BCUT2D eigenvalue weighted by molar-refractivity contribution is 6.62. The summed E-state index contributed by atoms with van der Waals surface area (Å²) in [5.41, 5.74) is 1.19. The minimum atomic E-state index is -0.376. The molecule has 1 saturated heterocycles. The molecule has 2 aromatic rings. The molecule has 110 valence electrons. The molecule has 1 aliphatic heterocycles. The lowest BCUT2D eigenvalue weighted by atomic mass is 9.78. The Morgan fingerprint density at radius 2 is 1.76 bits per heavy atom. The standard InChI is InChI=1S/C15H20BN3O2/c1-11-12(16-20-14(2,3)15(4,5)21-16)6-7-13(18-11)19-9-8-17-10-19/h6-10H,1-5H3. The second-order valence-electron chi connectivity index (χ2n) is 6.40. The molecule has 3 heterocycles. The summed E-state index contributed by atoms with van der Waals surface area (Å²) < 4.78 is 14.0. The van der Waals surface area contributed by atoms with Gasteiger partial charge in [-0.05, 0) is 40.7 Å². The van der Waals surface area contributed by atoms with Gasteiger partial charge in [-0.25, -0.2) is 9.97 Å². The Bertz CT molecular complexity index is 637. The first-order chi connectivity index (χ1) is 9.80. The number of aryl methyl sites for hydroxylation is 1. The van der Waals surface area contributed by atoms with E-state index in [-0.39, 0.29) is 18.3 Å². The number of pyridine rings is 1. The topological polar surface area (TPSA) is 49.2 Å². The van der Waals surface area contributed by atoms with Crippen LogP contribution in [0.1, 0.15) is 33.4 Å². The van der Waals surface area contributed by atoms with Gasteiger partial charge < -0.3 is 9.31 Å². The zero-order valence-corrected chi connectivity index (χ0v) is 13.1. The fourth-order valence-electron chi connectivity index (χ4n) is 2.32. The summed E-state index contributed by atoms with van der Waals surface area (Å²) in [6, 6.07) is 3.97. The van der Waals surface area contributed by atoms with Crippen molar-refractivity contribution < 1.29 is 9.31 Å². The summed E-state index contributed by atoms with van der Waals surface area (Å²) in [4.78, 5) is 8.66. The maximum Gasteiger partial charge on any atom is 0.496 e. The molecule has 2 aromatic heterocycles. The van der Waals surface area contributed by atoms with E-state index in [0.717, 1.165) is 17.0 Å². The van der Waals surface area contributed by atoms with E-state index in [9.17, 15) is 0 Å². The Morgan fingerprint density at radius 3 is 2.29 bits per heavy atom. The molecule has 3 rings (SSSR count). The van der Waals surface area contributed by atoms with Crippen molar-refractivity contribution in [2.75, 3.05) is 0 Å². The number of nitrogens with zero attached hydrogens (tertiary/aromatic N) is 3. The molecule has 6 heteroatoms. The molecule has 1 aliphatic rings. The number of aromatic nitrogens is 3. The third-order valence-electron chi connectivity index (χ3n) is 4.39. The smallest absolute Gasteiger partial charge is 0.399 e. The number of rotatable bonds is 2. The van der Waals surface area contributed by atoms with Crippen LogP contribution in [0.15, 0.2) is 30.9 Å². The monoisotopic (exact) mass is 285 g/mol. The van der Waals surface area contributed by atoms with Gasteiger partial charge in [0.1, 0.15) is 12.1 Å². The van der Waals surface area contributed by atoms with E-state index >= 15 is 0 Å². The average molecular weight is 285 g/mol. The molecule has 0 N–H and O–H groups in total. The van der Waals surface area contributed by atoms with Crippen LogP contribution in [0.25, 0.3) is 5.82 Å². The van der Waals surface area contributed by atoms with Crippen LogP contribution in [0, 0.1) is 6.92 Å².